The smallest absolute Gasteiger partial charge is 0.416 e. The summed E-state index contributed by atoms with van der Waals surface area (Å²) in [6.45, 7) is 4.09. The fraction of sp³-hybridized carbons (Fsp3) is 0.321. The quantitative estimate of drug-likeness (QED) is 0.278. The van der Waals surface area contributed by atoms with E-state index in [0.29, 0.717) is 30.8 Å². The van der Waals surface area contributed by atoms with Crippen LogP contribution in [0.4, 0.5) is 17.6 Å². The monoisotopic (exact) mass is 504 g/mol. The number of carboxylic acids is 1. The van der Waals surface area contributed by atoms with Crippen LogP contribution in [-0.2, 0) is 23.8 Å². The number of hydrogen-bond donors (Lipinski definition) is 1. The number of benzene rings is 3. The van der Waals surface area contributed by atoms with Gasteiger partial charge >= 0.3 is 12.1 Å². The third kappa shape index (κ3) is 7.47. The number of hydrogen-bond acceptors (Lipinski definition) is 3. The highest BCUT2D eigenvalue weighted by atomic mass is 19.4. The zero-order chi connectivity index (χ0) is 26.3. The first kappa shape index (κ1) is 27.0. The molecule has 4 nitrogen and oxygen atoms in total. The summed E-state index contributed by atoms with van der Waals surface area (Å²) >= 11 is 0. The fourth-order valence-corrected chi connectivity index (χ4v) is 3.79. The number of aliphatic carboxylic acids is 1. The van der Waals surface area contributed by atoms with Crippen molar-refractivity contribution in [3.05, 3.63) is 83.2 Å². The van der Waals surface area contributed by atoms with Crippen molar-refractivity contribution in [3.63, 3.8) is 0 Å². The highest BCUT2D eigenvalue weighted by molar-refractivity contribution is 5.71. The van der Waals surface area contributed by atoms with E-state index >= 15 is 0 Å². The van der Waals surface area contributed by atoms with Crippen molar-refractivity contribution in [2.75, 3.05) is 6.61 Å². The van der Waals surface area contributed by atoms with E-state index in [0.717, 1.165) is 29.7 Å². The molecule has 0 saturated carbocycles. The molecule has 3 rings (SSSR count). The molecule has 3 aromatic carbocycles. The zero-order valence-corrected chi connectivity index (χ0v) is 20.1. The Labute approximate surface area is 207 Å². The molecule has 0 aromatic heterocycles. The average Bonchev–Trinajstić information content (AvgIpc) is 2.83. The van der Waals surface area contributed by atoms with Crippen LogP contribution in [0.25, 0.3) is 11.1 Å². The summed E-state index contributed by atoms with van der Waals surface area (Å²) in [6.07, 6.45) is -3.18. The third-order valence-electron chi connectivity index (χ3n) is 5.75. The first-order valence-electron chi connectivity index (χ1n) is 11.7. The molecule has 0 heterocycles. The van der Waals surface area contributed by atoms with Crippen LogP contribution in [0.5, 0.6) is 11.5 Å². The van der Waals surface area contributed by atoms with E-state index in [1.54, 1.807) is 13.0 Å². The van der Waals surface area contributed by atoms with Crippen molar-refractivity contribution in [2.24, 2.45) is 0 Å². The van der Waals surface area contributed by atoms with E-state index in [4.69, 9.17) is 14.6 Å². The van der Waals surface area contributed by atoms with Crippen molar-refractivity contribution in [1.29, 1.82) is 0 Å². The first-order chi connectivity index (χ1) is 17.1. The van der Waals surface area contributed by atoms with Gasteiger partial charge in [0.2, 0.25) is 0 Å². The molecule has 0 aliphatic rings. The Morgan fingerprint density at radius 2 is 1.72 bits per heavy atom. The summed E-state index contributed by atoms with van der Waals surface area (Å²) in [5, 5.41) is 8.91. The molecular formula is C28H28F4O4. The second-order valence-electron chi connectivity index (χ2n) is 8.46. The standard InChI is InChI=1S/C28H28F4O4/c1-3-19-16-24(11-6-20(19)7-13-27(33)34)35-15-14-18(2)36-26-12-8-22(28(30,31)32)17-25(26)21-4-9-23(29)10-5-21/h4-6,8-12,16-18H,3,7,13-15H2,1-2H3,(H,33,34). The lowest BCUT2D eigenvalue weighted by atomic mass is 10.0. The number of alkyl halides is 3. The molecule has 0 fully saturated rings. The van der Waals surface area contributed by atoms with Gasteiger partial charge in [0.25, 0.3) is 0 Å². The highest BCUT2D eigenvalue weighted by Crippen LogP contribution is 2.38. The molecule has 0 bridgehead atoms. The summed E-state index contributed by atoms with van der Waals surface area (Å²) in [4.78, 5) is 10.8. The van der Waals surface area contributed by atoms with Gasteiger partial charge in [0.05, 0.1) is 18.3 Å². The molecule has 36 heavy (non-hydrogen) atoms. The normalized spacial score (nSPS) is 12.3. The first-order valence-corrected chi connectivity index (χ1v) is 11.7. The maximum Gasteiger partial charge on any atom is 0.416 e. The van der Waals surface area contributed by atoms with E-state index in [1.165, 1.54) is 30.3 Å². The molecule has 1 atom stereocenters. The van der Waals surface area contributed by atoms with Gasteiger partial charge in [-0.05, 0) is 78.9 Å². The van der Waals surface area contributed by atoms with Crippen molar-refractivity contribution in [3.8, 4) is 22.6 Å². The Morgan fingerprint density at radius 3 is 2.36 bits per heavy atom. The van der Waals surface area contributed by atoms with Crippen LogP contribution in [0.15, 0.2) is 60.7 Å². The van der Waals surface area contributed by atoms with Crippen LogP contribution in [-0.4, -0.2) is 23.8 Å². The Morgan fingerprint density at radius 1 is 1.00 bits per heavy atom. The Balaban J connectivity index is 1.67. The number of aryl methyl sites for hydroxylation is 2. The maximum atomic E-state index is 13.4. The minimum Gasteiger partial charge on any atom is -0.493 e. The van der Waals surface area contributed by atoms with Gasteiger partial charge in [-0.3, -0.25) is 4.79 Å². The maximum absolute atomic E-state index is 13.4. The van der Waals surface area contributed by atoms with Crippen molar-refractivity contribution >= 4 is 5.97 Å². The third-order valence-corrected chi connectivity index (χ3v) is 5.75. The van der Waals surface area contributed by atoms with E-state index in [-0.39, 0.29) is 23.8 Å². The van der Waals surface area contributed by atoms with Crippen molar-refractivity contribution < 1.29 is 36.9 Å². The molecule has 8 heteroatoms. The Bertz CT molecular complexity index is 1170. The summed E-state index contributed by atoms with van der Waals surface area (Å²) in [7, 11) is 0. The van der Waals surface area contributed by atoms with E-state index in [9.17, 15) is 22.4 Å². The summed E-state index contributed by atoms with van der Waals surface area (Å²) in [5.74, 6) is -0.417. The lowest BCUT2D eigenvalue weighted by molar-refractivity contribution is -0.138. The minimum absolute atomic E-state index is 0.0614. The molecule has 0 spiro atoms. The van der Waals surface area contributed by atoms with E-state index in [2.05, 4.69) is 0 Å². The number of ether oxygens (including phenoxy) is 2. The molecule has 0 radical (unpaired) electrons. The lowest BCUT2D eigenvalue weighted by Crippen LogP contribution is -2.16. The molecule has 192 valence electrons. The summed E-state index contributed by atoms with van der Waals surface area (Å²) in [6, 6.07) is 14.0. The van der Waals surface area contributed by atoms with Gasteiger partial charge in [-0.25, -0.2) is 4.39 Å². The Kier molecular flexibility index (Phi) is 8.96. The number of carboxylic acid groups (broad SMARTS) is 1. The van der Waals surface area contributed by atoms with Crippen molar-refractivity contribution in [1.82, 2.24) is 0 Å². The largest absolute Gasteiger partial charge is 0.493 e. The Hall–Kier alpha value is -3.55. The summed E-state index contributed by atoms with van der Waals surface area (Å²) in [5.41, 5.74) is 1.81. The van der Waals surface area contributed by atoms with Crippen molar-refractivity contribution in [2.45, 2.75) is 51.8 Å². The fourth-order valence-electron chi connectivity index (χ4n) is 3.79. The summed E-state index contributed by atoms with van der Waals surface area (Å²) < 4.78 is 65.0. The van der Waals surface area contributed by atoms with Crippen LogP contribution in [0, 0.1) is 5.82 Å². The lowest BCUT2D eigenvalue weighted by Gasteiger charge is -2.19. The van der Waals surface area contributed by atoms with Gasteiger partial charge in [0, 0.05) is 18.4 Å². The number of rotatable bonds is 11. The molecular weight excluding hydrogens is 476 g/mol. The molecule has 3 aromatic rings. The van der Waals surface area contributed by atoms with E-state index < -0.39 is 23.5 Å². The van der Waals surface area contributed by atoms with Crippen LogP contribution < -0.4 is 9.47 Å². The highest BCUT2D eigenvalue weighted by Gasteiger charge is 2.31. The number of carbonyl (C=O) groups is 1. The van der Waals surface area contributed by atoms with Gasteiger partial charge < -0.3 is 14.6 Å². The van der Waals surface area contributed by atoms with Crippen LogP contribution >= 0.6 is 0 Å². The van der Waals surface area contributed by atoms with Gasteiger partial charge in [0.15, 0.2) is 0 Å². The van der Waals surface area contributed by atoms with E-state index in [1.807, 2.05) is 19.1 Å². The predicted octanol–water partition coefficient (Wildman–Crippen LogP) is 7.33. The molecule has 1 N–H and O–H groups in total. The average molecular weight is 505 g/mol. The van der Waals surface area contributed by atoms with Crippen LogP contribution in [0.3, 0.4) is 0 Å². The second-order valence-corrected chi connectivity index (χ2v) is 8.46. The SMILES string of the molecule is CCc1cc(OCCC(C)Oc2ccc(C(F)(F)F)cc2-c2ccc(F)cc2)ccc1CCC(=O)O. The topological polar surface area (TPSA) is 55.8 Å². The van der Waals surface area contributed by atoms with Crippen LogP contribution in [0.2, 0.25) is 0 Å². The molecule has 0 aliphatic carbocycles. The van der Waals surface area contributed by atoms with Gasteiger partial charge in [-0.15, -0.1) is 0 Å². The zero-order valence-electron chi connectivity index (χ0n) is 20.1. The molecule has 0 saturated heterocycles. The number of halogens is 4. The van der Waals surface area contributed by atoms with Gasteiger partial charge in [-0.1, -0.05) is 25.1 Å². The van der Waals surface area contributed by atoms with Crippen LogP contribution in [0.1, 0.15) is 43.4 Å². The molecule has 0 amide bonds. The molecule has 1 unspecified atom stereocenters. The predicted molar refractivity (Wildman–Crippen MR) is 129 cm³/mol. The van der Waals surface area contributed by atoms with Gasteiger partial charge in [-0.2, -0.15) is 13.2 Å². The second kappa shape index (κ2) is 11.9. The minimum atomic E-state index is -4.52. The van der Waals surface area contributed by atoms with Gasteiger partial charge in [0.1, 0.15) is 17.3 Å². The molecule has 0 aliphatic heterocycles.